The Kier molecular flexibility index (Phi) is 6.47. The number of methoxy groups -OCH3 is 1. The molecule has 0 amide bonds. The molecule has 4 rings (SSSR count). The third-order valence-corrected chi connectivity index (χ3v) is 7.05. The van der Waals surface area contributed by atoms with E-state index in [-0.39, 0.29) is 47.5 Å². The summed E-state index contributed by atoms with van der Waals surface area (Å²) in [4.78, 5) is 24.7. The lowest BCUT2D eigenvalue weighted by atomic mass is 9.84. The van der Waals surface area contributed by atoms with Crippen molar-refractivity contribution in [2.45, 2.75) is 82.7 Å². The second-order valence-corrected chi connectivity index (χ2v) is 9.48. The van der Waals surface area contributed by atoms with Gasteiger partial charge in [0.05, 0.1) is 56.1 Å². The van der Waals surface area contributed by atoms with Gasteiger partial charge in [-0.15, -0.1) is 0 Å². The summed E-state index contributed by atoms with van der Waals surface area (Å²) in [6.07, 6.45) is 7.94. The Morgan fingerprint density at radius 3 is 2.41 bits per heavy atom. The van der Waals surface area contributed by atoms with E-state index in [1.165, 1.54) is 0 Å². The van der Waals surface area contributed by atoms with Crippen molar-refractivity contribution < 1.29 is 33.3 Å². The van der Waals surface area contributed by atoms with Gasteiger partial charge in [-0.25, -0.2) is 0 Å². The molecule has 2 aliphatic carbocycles. The van der Waals surface area contributed by atoms with Gasteiger partial charge in [0, 0.05) is 7.11 Å². The van der Waals surface area contributed by atoms with Crippen LogP contribution in [0, 0.1) is 17.3 Å². The smallest absolute Gasteiger partial charge is 0.311 e. The predicted molar refractivity (Wildman–Crippen MR) is 103 cm³/mol. The zero-order chi connectivity index (χ0) is 20.4. The number of ether oxygens (including phenoxy) is 5. The van der Waals surface area contributed by atoms with Gasteiger partial charge in [-0.1, -0.05) is 6.92 Å². The van der Waals surface area contributed by atoms with E-state index in [0.29, 0.717) is 38.8 Å². The molecule has 0 aromatic rings. The molecule has 2 aliphatic heterocycles. The van der Waals surface area contributed by atoms with Crippen LogP contribution >= 0.6 is 0 Å². The van der Waals surface area contributed by atoms with Crippen molar-refractivity contribution in [2.24, 2.45) is 17.3 Å². The maximum absolute atomic E-state index is 12.4. The van der Waals surface area contributed by atoms with Crippen molar-refractivity contribution in [3.63, 3.8) is 0 Å². The monoisotopic (exact) mass is 410 g/mol. The van der Waals surface area contributed by atoms with Crippen LogP contribution < -0.4 is 0 Å². The van der Waals surface area contributed by atoms with Gasteiger partial charge in [0.1, 0.15) is 0 Å². The molecule has 4 aliphatic rings. The summed E-state index contributed by atoms with van der Waals surface area (Å²) in [5.41, 5.74) is -0.211. The molecule has 2 saturated carbocycles. The molecule has 29 heavy (non-hydrogen) atoms. The van der Waals surface area contributed by atoms with E-state index in [2.05, 4.69) is 6.92 Å². The Hall–Kier alpha value is -1.18. The minimum Gasteiger partial charge on any atom is -0.465 e. The molecule has 7 unspecified atom stereocenters. The molecular weight excluding hydrogens is 376 g/mol. The van der Waals surface area contributed by atoms with Crippen molar-refractivity contribution in [3.8, 4) is 0 Å². The number of epoxide rings is 2. The lowest BCUT2D eigenvalue weighted by molar-refractivity contribution is -0.151. The fraction of sp³-hybridized carbons (Fsp3) is 0.909. The summed E-state index contributed by atoms with van der Waals surface area (Å²) in [6.45, 7) is 3.32. The zero-order valence-corrected chi connectivity index (χ0v) is 17.6. The number of hydrogen-bond acceptors (Lipinski definition) is 7. The summed E-state index contributed by atoms with van der Waals surface area (Å²) >= 11 is 0. The van der Waals surface area contributed by atoms with E-state index in [1.54, 1.807) is 7.11 Å². The third kappa shape index (κ3) is 5.30. The number of esters is 2. The van der Waals surface area contributed by atoms with E-state index >= 15 is 0 Å². The topological polar surface area (TPSA) is 86.9 Å². The molecule has 0 N–H and O–H groups in total. The minimum atomic E-state index is -0.211. The molecule has 0 aromatic carbocycles. The van der Waals surface area contributed by atoms with Crippen LogP contribution in [0.3, 0.4) is 0 Å². The Morgan fingerprint density at radius 1 is 0.931 bits per heavy atom. The highest BCUT2D eigenvalue weighted by atomic mass is 16.6. The summed E-state index contributed by atoms with van der Waals surface area (Å²) in [5, 5.41) is 0. The maximum Gasteiger partial charge on any atom is 0.311 e. The molecule has 7 heteroatoms. The molecule has 0 spiro atoms. The van der Waals surface area contributed by atoms with Gasteiger partial charge in [-0.2, -0.15) is 0 Å². The van der Waals surface area contributed by atoms with Crippen molar-refractivity contribution in [1.29, 1.82) is 0 Å². The molecule has 0 bridgehead atoms. The average molecular weight is 411 g/mol. The van der Waals surface area contributed by atoms with Crippen molar-refractivity contribution in [1.82, 2.24) is 0 Å². The highest BCUT2D eigenvalue weighted by Gasteiger charge is 2.50. The maximum atomic E-state index is 12.4. The number of carbonyl (C=O) groups is 2. The molecule has 4 fully saturated rings. The van der Waals surface area contributed by atoms with Crippen molar-refractivity contribution in [2.75, 3.05) is 26.9 Å². The van der Waals surface area contributed by atoms with Gasteiger partial charge in [-0.3, -0.25) is 9.59 Å². The van der Waals surface area contributed by atoms with E-state index in [1.807, 2.05) is 0 Å². The van der Waals surface area contributed by atoms with E-state index in [0.717, 1.165) is 38.5 Å². The lowest BCUT2D eigenvalue weighted by Gasteiger charge is -2.29. The third-order valence-electron chi connectivity index (χ3n) is 7.05. The van der Waals surface area contributed by atoms with E-state index < -0.39 is 0 Å². The SMILES string of the molecule is COCC(C)(CCOC(=O)C1CCC2OC2C1)CCOC(=O)C1CCCC2OC21. The second kappa shape index (κ2) is 8.90. The number of carbonyl (C=O) groups excluding carboxylic acids is 2. The van der Waals surface area contributed by atoms with Crippen LogP contribution in [0.25, 0.3) is 0 Å². The van der Waals surface area contributed by atoms with Gasteiger partial charge >= 0.3 is 11.9 Å². The van der Waals surface area contributed by atoms with Crippen LogP contribution in [0.4, 0.5) is 0 Å². The van der Waals surface area contributed by atoms with Crippen LogP contribution in [-0.4, -0.2) is 63.3 Å². The second-order valence-electron chi connectivity index (χ2n) is 9.48. The summed E-state index contributed by atoms with van der Waals surface area (Å²) < 4.78 is 27.5. The fourth-order valence-corrected chi connectivity index (χ4v) is 4.95. The molecule has 0 radical (unpaired) electrons. The first-order valence-corrected chi connectivity index (χ1v) is 11.1. The van der Waals surface area contributed by atoms with Crippen molar-refractivity contribution >= 4 is 11.9 Å². The van der Waals surface area contributed by atoms with Crippen LogP contribution in [0.5, 0.6) is 0 Å². The molecular formula is C22H34O7. The van der Waals surface area contributed by atoms with Crippen LogP contribution in [0.15, 0.2) is 0 Å². The molecule has 7 nitrogen and oxygen atoms in total. The Morgan fingerprint density at radius 2 is 1.69 bits per heavy atom. The highest BCUT2D eigenvalue weighted by Crippen LogP contribution is 2.41. The zero-order valence-electron chi connectivity index (χ0n) is 17.6. The number of hydrogen-bond donors (Lipinski definition) is 0. The first-order chi connectivity index (χ1) is 14.0. The molecule has 2 saturated heterocycles. The first kappa shape index (κ1) is 21.1. The standard InChI is InChI=1S/C22H34O7/c1-22(13-25-2,8-10-26-20(23)14-6-7-16-18(12-14)28-16)9-11-27-21(24)15-4-3-5-17-19(15)29-17/h14-19H,3-13H2,1-2H3. The summed E-state index contributed by atoms with van der Waals surface area (Å²) in [7, 11) is 1.66. The summed E-state index contributed by atoms with van der Waals surface area (Å²) in [5.74, 6) is -0.381. The number of fused-ring (bicyclic) bond motifs is 2. The molecule has 164 valence electrons. The van der Waals surface area contributed by atoms with Crippen LogP contribution in [0.1, 0.15) is 58.3 Å². The first-order valence-electron chi connectivity index (χ1n) is 11.1. The summed E-state index contributed by atoms with van der Waals surface area (Å²) in [6, 6.07) is 0. The highest BCUT2D eigenvalue weighted by molar-refractivity contribution is 5.74. The molecule has 7 atom stereocenters. The van der Waals surface area contributed by atoms with Gasteiger partial charge in [-0.05, 0) is 56.8 Å². The quantitative estimate of drug-likeness (QED) is 0.404. The fourth-order valence-electron chi connectivity index (χ4n) is 4.95. The molecule has 2 heterocycles. The van der Waals surface area contributed by atoms with Gasteiger partial charge in [0.15, 0.2) is 0 Å². The Balaban J connectivity index is 1.16. The van der Waals surface area contributed by atoms with Gasteiger partial charge < -0.3 is 23.7 Å². The van der Waals surface area contributed by atoms with Crippen molar-refractivity contribution in [3.05, 3.63) is 0 Å². The van der Waals surface area contributed by atoms with E-state index in [9.17, 15) is 9.59 Å². The average Bonchev–Trinajstić information content (AvgIpc) is 3.60. The lowest BCUT2D eigenvalue weighted by Crippen LogP contribution is -2.31. The van der Waals surface area contributed by atoms with Gasteiger partial charge in [0.2, 0.25) is 0 Å². The Bertz CT molecular complexity index is 608. The van der Waals surface area contributed by atoms with E-state index in [4.69, 9.17) is 23.7 Å². The van der Waals surface area contributed by atoms with Crippen LogP contribution in [0.2, 0.25) is 0 Å². The molecule has 0 aromatic heterocycles. The Labute approximate surface area is 172 Å². The van der Waals surface area contributed by atoms with Crippen LogP contribution in [-0.2, 0) is 33.3 Å². The minimum absolute atomic E-state index is 0.0302. The normalized spacial score (nSPS) is 36.9. The van der Waals surface area contributed by atoms with Gasteiger partial charge in [0.25, 0.3) is 0 Å². The largest absolute Gasteiger partial charge is 0.465 e. The number of rotatable bonds is 10. The predicted octanol–water partition coefficient (Wildman–Crippen LogP) is 2.64.